The first kappa shape index (κ1) is 23.1. The second-order valence-corrected chi connectivity index (χ2v) is 7.30. The second-order valence-electron chi connectivity index (χ2n) is 7.30. The van der Waals surface area contributed by atoms with Gasteiger partial charge >= 0.3 is 17.8 Å². The van der Waals surface area contributed by atoms with Crippen LogP contribution < -0.4 is 5.32 Å². The number of hydrogen-bond acceptors (Lipinski definition) is 5. The molecule has 0 unspecified atom stereocenters. The van der Waals surface area contributed by atoms with Gasteiger partial charge in [0, 0.05) is 18.3 Å². The molecule has 9 heteroatoms. The third kappa shape index (κ3) is 4.67. The molecule has 0 bridgehead atoms. The summed E-state index contributed by atoms with van der Waals surface area (Å²) in [6.45, 7) is 8.26. The standard InChI is InChI=1S/C21H28N4O5/c1-6-14(4)24(11-17(26)22-16-10-8-9-13(3)15(16)5)18(27)12-25-20(29)19(28)23(7-2)21(25)30/h8-10,14H,6-7,11-12H2,1-5H3,(H,22,26)/t14-/m1/s1. The van der Waals surface area contributed by atoms with Gasteiger partial charge in [0.15, 0.2) is 0 Å². The van der Waals surface area contributed by atoms with E-state index in [-0.39, 0.29) is 25.0 Å². The van der Waals surface area contributed by atoms with Crippen molar-refractivity contribution < 1.29 is 24.0 Å². The van der Waals surface area contributed by atoms with Gasteiger partial charge < -0.3 is 10.2 Å². The van der Waals surface area contributed by atoms with Crippen molar-refractivity contribution in [3.8, 4) is 0 Å². The molecule has 2 rings (SSSR count). The number of likely N-dealkylation sites (N-methyl/N-ethyl adjacent to an activating group) is 1. The van der Waals surface area contributed by atoms with E-state index in [0.29, 0.717) is 17.0 Å². The molecular weight excluding hydrogens is 388 g/mol. The van der Waals surface area contributed by atoms with Crippen molar-refractivity contribution in [2.45, 2.75) is 47.1 Å². The van der Waals surface area contributed by atoms with Crippen LogP contribution in [-0.2, 0) is 19.2 Å². The fourth-order valence-electron chi connectivity index (χ4n) is 3.14. The summed E-state index contributed by atoms with van der Waals surface area (Å²) in [5, 5.41) is 2.81. The van der Waals surface area contributed by atoms with Crippen LogP contribution in [0.3, 0.4) is 0 Å². The van der Waals surface area contributed by atoms with Gasteiger partial charge in [-0.2, -0.15) is 0 Å². The van der Waals surface area contributed by atoms with Gasteiger partial charge in [0.25, 0.3) is 0 Å². The highest BCUT2D eigenvalue weighted by molar-refractivity contribution is 6.45. The Kier molecular flexibility index (Phi) is 7.31. The molecular formula is C21H28N4O5. The number of rotatable bonds is 8. The van der Waals surface area contributed by atoms with Crippen LogP contribution >= 0.6 is 0 Å². The SMILES string of the molecule is CC[C@@H](C)N(CC(=O)Nc1cccc(C)c1C)C(=O)CN1C(=O)C(=O)N(CC)C1=O. The number of anilines is 1. The smallest absolute Gasteiger partial charge is 0.329 e. The Bertz CT molecular complexity index is 882. The van der Waals surface area contributed by atoms with Crippen LogP contribution in [0.1, 0.15) is 38.3 Å². The highest BCUT2D eigenvalue weighted by Crippen LogP contribution is 2.18. The first-order chi connectivity index (χ1) is 14.1. The van der Waals surface area contributed by atoms with Crippen molar-refractivity contribution in [1.82, 2.24) is 14.7 Å². The summed E-state index contributed by atoms with van der Waals surface area (Å²) in [6.07, 6.45) is 0.574. The molecule has 6 amide bonds. The van der Waals surface area contributed by atoms with Crippen molar-refractivity contribution in [3.05, 3.63) is 29.3 Å². The van der Waals surface area contributed by atoms with Crippen molar-refractivity contribution in [2.24, 2.45) is 0 Å². The molecule has 1 aliphatic rings. The van der Waals surface area contributed by atoms with Crippen LogP contribution in [0.25, 0.3) is 0 Å². The minimum absolute atomic E-state index is 0.0431. The van der Waals surface area contributed by atoms with Gasteiger partial charge in [-0.3, -0.25) is 24.1 Å². The van der Waals surface area contributed by atoms with Crippen molar-refractivity contribution in [1.29, 1.82) is 0 Å². The summed E-state index contributed by atoms with van der Waals surface area (Å²) in [4.78, 5) is 64.4. The van der Waals surface area contributed by atoms with Gasteiger partial charge in [-0.15, -0.1) is 0 Å². The molecule has 1 saturated heterocycles. The first-order valence-corrected chi connectivity index (χ1v) is 9.95. The molecule has 0 aliphatic carbocycles. The maximum atomic E-state index is 12.9. The summed E-state index contributed by atoms with van der Waals surface area (Å²) in [5.41, 5.74) is 2.61. The van der Waals surface area contributed by atoms with E-state index in [0.717, 1.165) is 16.0 Å². The number of amides is 6. The van der Waals surface area contributed by atoms with E-state index in [1.807, 2.05) is 32.9 Å². The maximum Gasteiger partial charge on any atom is 0.334 e. The normalized spacial score (nSPS) is 14.9. The Morgan fingerprint density at radius 1 is 1.07 bits per heavy atom. The molecule has 1 fully saturated rings. The zero-order chi connectivity index (χ0) is 22.6. The summed E-state index contributed by atoms with van der Waals surface area (Å²) < 4.78 is 0. The fraction of sp³-hybridized carbons (Fsp3) is 0.476. The van der Waals surface area contributed by atoms with E-state index in [9.17, 15) is 24.0 Å². The van der Waals surface area contributed by atoms with Crippen LogP contribution in [0.4, 0.5) is 10.5 Å². The topological polar surface area (TPSA) is 107 Å². The quantitative estimate of drug-likeness (QED) is 0.513. The summed E-state index contributed by atoms with van der Waals surface area (Å²) in [5.74, 6) is -2.94. The van der Waals surface area contributed by atoms with Gasteiger partial charge in [-0.25, -0.2) is 9.69 Å². The lowest BCUT2D eigenvalue weighted by Crippen LogP contribution is -2.49. The van der Waals surface area contributed by atoms with Gasteiger partial charge in [0.2, 0.25) is 11.8 Å². The average Bonchev–Trinajstić information content (AvgIpc) is 2.91. The number of nitrogens with zero attached hydrogens (tertiary/aromatic N) is 3. The average molecular weight is 416 g/mol. The van der Waals surface area contributed by atoms with E-state index in [2.05, 4.69) is 5.32 Å². The number of aryl methyl sites for hydroxylation is 1. The molecule has 30 heavy (non-hydrogen) atoms. The van der Waals surface area contributed by atoms with E-state index in [1.54, 1.807) is 19.9 Å². The molecule has 1 aromatic carbocycles. The first-order valence-electron chi connectivity index (χ1n) is 9.95. The lowest BCUT2D eigenvalue weighted by Gasteiger charge is -2.29. The van der Waals surface area contributed by atoms with Crippen molar-refractivity contribution in [3.63, 3.8) is 0 Å². The molecule has 1 atom stereocenters. The third-order valence-corrected chi connectivity index (χ3v) is 5.38. The lowest BCUT2D eigenvalue weighted by molar-refractivity contribution is -0.145. The molecule has 1 aliphatic heterocycles. The Labute approximate surface area is 176 Å². The lowest BCUT2D eigenvalue weighted by atomic mass is 10.1. The Morgan fingerprint density at radius 2 is 1.70 bits per heavy atom. The van der Waals surface area contributed by atoms with Crippen LogP contribution in [0, 0.1) is 13.8 Å². The maximum absolute atomic E-state index is 12.9. The van der Waals surface area contributed by atoms with E-state index in [4.69, 9.17) is 0 Å². The Balaban J connectivity index is 2.13. The number of nitrogens with one attached hydrogen (secondary N) is 1. The zero-order valence-corrected chi connectivity index (χ0v) is 18.0. The number of carbonyl (C=O) groups is 5. The zero-order valence-electron chi connectivity index (χ0n) is 18.0. The molecule has 0 saturated carbocycles. The molecule has 0 spiro atoms. The molecule has 0 aromatic heterocycles. The van der Waals surface area contributed by atoms with E-state index in [1.165, 1.54) is 4.90 Å². The number of benzene rings is 1. The number of urea groups is 1. The monoisotopic (exact) mass is 416 g/mol. The Morgan fingerprint density at radius 3 is 2.27 bits per heavy atom. The van der Waals surface area contributed by atoms with Crippen molar-refractivity contribution >= 4 is 35.3 Å². The molecule has 162 valence electrons. The summed E-state index contributed by atoms with van der Waals surface area (Å²) >= 11 is 0. The highest BCUT2D eigenvalue weighted by atomic mass is 16.2. The summed E-state index contributed by atoms with van der Waals surface area (Å²) in [6, 6.07) is 4.43. The molecule has 9 nitrogen and oxygen atoms in total. The molecule has 1 aromatic rings. The van der Waals surface area contributed by atoms with Crippen LogP contribution in [-0.4, -0.2) is 70.0 Å². The molecule has 1 N–H and O–H groups in total. The second kappa shape index (κ2) is 9.51. The van der Waals surface area contributed by atoms with Crippen LogP contribution in [0.5, 0.6) is 0 Å². The predicted molar refractivity (Wildman–Crippen MR) is 111 cm³/mol. The molecule has 0 radical (unpaired) electrons. The van der Waals surface area contributed by atoms with Gasteiger partial charge in [-0.05, 0) is 51.3 Å². The third-order valence-electron chi connectivity index (χ3n) is 5.38. The van der Waals surface area contributed by atoms with Crippen LogP contribution in [0.2, 0.25) is 0 Å². The number of imide groups is 2. The van der Waals surface area contributed by atoms with Crippen molar-refractivity contribution in [2.75, 3.05) is 25.0 Å². The van der Waals surface area contributed by atoms with Gasteiger partial charge in [-0.1, -0.05) is 19.1 Å². The van der Waals surface area contributed by atoms with Gasteiger partial charge in [0.05, 0.1) is 0 Å². The molecule has 1 heterocycles. The van der Waals surface area contributed by atoms with E-state index < -0.39 is 30.3 Å². The van der Waals surface area contributed by atoms with Gasteiger partial charge in [0.1, 0.15) is 13.1 Å². The highest BCUT2D eigenvalue weighted by Gasteiger charge is 2.45. The Hall–Kier alpha value is -3.23. The summed E-state index contributed by atoms with van der Waals surface area (Å²) in [7, 11) is 0. The fourth-order valence-corrected chi connectivity index (χ4v) is 3.14. The van der Waals surface area contributed by atoms with E-state index >= 15 is 0 Å². The van der Waals surface area contributed by atoms with Crippen LogP contribution in [0.15, 0.2) is 18.2 Å². The minimum atomic E-state index is -1.03. The predicted octanol–water partition coefficient (Wildman–Crippen LogP) is 1.68. The minimum Gasteiger partial charge on any atom is -0.329 e. The number of hydrogen-bond donors (Lipinski definition) is 1. The number of carbonyl (C=O) groups excluding carboxylic acids is 5. The largest absolute Gasteiger partial charge is 0.334 e.